The first-order valence-corrected chi connectivity index (χ1v) is 11.3. The molecular weight excluding hydrogens is 433 g/mol. The smallest absolute Gasteiger partial charge is 0.256 e. The van der Waals surface area contributed by atoms with Crippen molar-refractivity contribution in [2.45, 2.75) is 32.0 Å². The van der Waals surface area contributed by atoms with Gasteiger partial charge in [-0.3, -0.25) is 14.4 Å². The summed E-state index contributed by atoms with van der Waals surface area (Å²) < 4.78 is 13.8. The van der Waals surface area contributed by atoms with Gasteiger partial charge in [0.2, 0.25) is 5.91 Å². The Balaban J connectivity index is 1.33. The molecule has 1 unspecified atom stereocenters. The van der Waals surface area contributed by atoms with Gasteiger partial charge in [-0.15, -0.1) is 0 Å². The van der Waals surface area contributed by atoms with Gasteiger partial charge in [0.1, 0.15) is 11.9 Å². The van der Waals surface area contributed by atoms with E-state index in [1.165, 1.54) is 6.07 Å². The van der Waals surface area contributed by atoms with Crippen LogP contribution in [-0.4, -0.2) is 35.2 Å². The molecule has 0 saturated carbocycles. The summed E-state index contributed by atoms with van der Waals surface area (Å²) in [5.74, 6) is -0.851. The van der Waals surface area contributed by atoms with Gasteiger partial charge in [0.05, 0.1) is 17.8 Å². The maximum atomic E-state index is 13.8. The number of nitrogens with one attached hydrogen (secondary N) is 1. The van der Waals surface area contributed by atoms with E-state index in [4.69, 9.17) is 0 Å². The van der Waals surface area contributed by atoms with Crippen LogP contribution in [0.3, 0.4) is 0 Å². The third-order valence-corrected chi connectivity index (χ3v) is 6.44. The fourth-order valence-corrected chi connectivity index (χ4v) is 4.64. The fraction of sp³-hybridized carbons (Fsp3) is 0.222. The third kappa shape index (κ3) is 4.05. The average molecular weight is 458 g/mol. The average Bonchev–Trinajstić information content (AvgIpc) is 3.34. The van der Waals surface area contributed by atoms with Gasteiger partial charge < -0.3 is 15.1 Å². The monoisotopic (exact) mass is 457 g/mol. The predicted molar refractivity (Wildman–Crippen MR) is 126 cm³/mol. The summed E-state index contributed by atoms with van der Waals surface area (Å²) >= 11 is 0. The molecule has 2 heterocycles. The van der Waals surface area contributed by atoms with Crippen LogP contribution in [0, 0.1) is 5.82 Å². The van der Waals surface area contributed by atoms with Gasteiger partial charge in [-0.05, 0) is 48.7 Å². The van der Waals surface area contributed by atoms with Crippen LogP contribution in [0.5, 0.6) is 0 Å². The van der Waals surface area contributed by atoms with E-state index in [1.54, 1.807) is 64.4 Å². The SMILES string of the molecule is O=C(NCc1ccccc1F)c1ccc(CN2C(=O)C3CCCN3C(=O)c3ccccc32)cc1. The molecule has 172 valence electrons. The zero-order valence-corrected chi connectivity index (χ0v) is 18.5. The summed E-state index contributed by atoms with van der Waals surface area (Å²) in [6.45, 7) is 0.983. The third-order valence-electron chi connectivity index (χ3n) is 6.44. The lowest BCUT2D eigenvalue weighted by Gasteiger charge is -2.26. The summed E-state index contributed by atoms with van der Waals surface area (Å²) in [4.78, 5) is 42.3. The van der Waals surface area contributed by atoms with E-state index in [-0.39, 0.29) is 30.1 Å². The van der Waals surface area contributed by atoms with Gasteiger partial charge >= 0.3 is 0 Å². The molecule has 7 heteroatoms. The first-order chi connectivity index (χ1) is 16.5. The molecule has 2 aliphatic rings. The molecule has 0 radical (unpaired) electrons. The van der Waals surface area contributed by atoms with Crippen molar-refractivity contribution in [3.05, 3.63) is 101 Å². The fourth-order valence-electron chi connectivity index (χ4n) is 4.64. The van der Waals surface area contributed by atoms with Crippen molar-refractivity contribution in [3.63, 3.8) is 0 Å². The summed E-state index contributed by atoms with van der Waals surface area (Å²) in [5, 5.41) is 2.73. The second-order valence-corrected chi connectivity index (χ2v) is 8.57. The highest BCUT2D eigenvalue weighted by Gasteiger charge is 2.41. The van der Waals surface area contributed by atoms with E-state index >= 15 is 0 Å². The van der Waals surface area contributed by atoms with Crippen LogP contribution in [0.4, 0.5) is 10.1 Å². The highest BCUT2D eigenvalue weighted by Crippen LogP contribution is 2.33. The number of para-hydroxylation sites is 1. The van der Waals surface area contributed by atoms with Crippen LogP contribution in [-0.2, 0) is 17.9 Å². The van der Waals surface area contributed by atoms with Gasteiger partial charge in [0.15, 0.2) is 0 Å². The molecule has 3 aromatic carbocycles. The van der Waals surface area contributed by atoms with Gasteiger partial charge in [-0.2, -0.15) is 0 Å². The maximum absolute atomic E-state index is 13.8. The van der Waals surface area contributed by atoms with Gasteiger partial charge in [-0.1, -0.05) is 42.5 Å². The number of carbonyl (C=O) groups is 3. The molecule has 3 aromatic rings. The predicted octanol–water partition coefficient (Wildman–Crippen LogP) is 3.91. The minimum absolute atomic E-state index is 0.0810. The number of carbonyl (C=O) groups excluding carboxylic acids is 3. The van der Waals surface area contributed by atoms with Crippen molar-refractivity contribution in [2.75, 3.05) is 11.4 Å². The lowest BCUT2D eigenvalue weighted by molar-refractivity contribution is -0.122. The van der Waals surface area contributed by atoms with Crippen LogP contribution < -0.4 is 10.2 Å². The number of rotatable bonds is 5. The highest BCUT2D eigenvalue weighted by molar-refractivity contribution is 6.11. The molecule has 1 fully saturated rings. The minimum Gasteiger partial charge on any atom is -0.348 e. The first kappa shape index (κ1) is 21.8. The van der Waals surface area contributed by atoms with Gasteiger partial charge in [0, 0.05) is 24.2 Å². The number of hydrogen-bond donors (Lipinski definition) is 1. The Labute approximate surface area is 197 Å². The van der Waals surface area contributed by atoms with Crippen LogP contribution in [0.25, 0.3) is 0 Å². The molecule has 0 bridgehead atoms. The molecule has 2 aliphatic heterocycles. The Morgan fingerprint density at radius 2 is 1.71 bits per heavy atom. The Hall–Kier alpha value is -4.00. The molecule has 0 spiro atoms. The Kier molecular flexibility index (Phi) is 5.84. The van der Waals surface area contributed by atoms with Crippen LogP contribution in [0.15, 0.2) is 72.8 Å². The van der Waals surface area contributed by atoms with Crippen LogP contribution in [0.1, 0.15) is 44.7 Å². The molecule has 5 rings (SSSR count). The quantitative estimate of drug-likeness (QED) is 0.632. The van der Waals surface area contributed by atoms with E-state index < -0.39 is 6.04 Å². The molecule has 3 amide bonds. The highest BCUT2D eigenvalue weighted by atomic mass is 19.1. The zero-order chi connectivity index (χ0) is 23.7. The number of amides is 3. The van der Waals surface area contributed by atoms with Crippen molar-refractivity contribution < 1.29 is 18.8 Å². The second-order valence-electron chi connectivity index (χ2n) is 8.57. The summed E-state index contributed by atoms with van der Waals surface area (Å²) in [7, 11) is 0. The van der Waals surface area contributed by atoms with E-state index in [0.29, 0.717) is 41.9 Å². The molecule has 6 nitrogen and oxygen atoms in total. The first-order valence-electron chi connectivity index (χ1n) is 11.3. The molecule has 1 atom stereocenters. The lowest BCUT2D eigenvalue weighted by atomic mass is 10.1. The van der Waals surface area contributed by atoms with E-state index in [2.05, 4.69) is 5.32 Å². The maximum Gasteiger partial charge on any atom is 0.256 e. The van der Waals surface area contributed by atoms with Crippen molar-refractivity contribution >= 4 is 23.4 Å². The Bertz CT molecular complexity index is 1260. The van der Waals surface area contributed by atoms with Crippen molar-refractivity contribution in [3.8, 4) is 0 Å². The van der Waals surface area contributed by atoms with Crippen LogP contribution >= 0.6 is 0 Å². The van der Waals surface area contributed by atoms with E-state index in [0.717, 1.165) is 12.0 Å². The van der Waals surface area contributed by atoms with Crippen molar-refractivity contribution in [1.82, 2.24) is 10.2 Å². The molecule has 1 saturated heterocycles. The second kappa shape index (κ2) is 9.09. The summed E-state index contributed by atoms with van der Waals surface area (Å²) in [5.41, 5.74) is 2.84. The number of fused-ring (bicyclic) bond motifs is 2. The van der Waals surface area contributed by atoms with Crippen molar-refractivity contribution in [1.29, 1.82) is 0 Å². The van der Waals surface area contributed by atoms with E-state index in [1.807, 2.05) is 12.1 Å². The van der Waals surface area contributed by atoms with Crippen LogP contribution in [0.2, 0.25) is 0 Å². The number of benzene rings is 3. The normalized spacial score (nSPS) is 17.3. The molecule has 34 heavy (non-hydrogen) atoms. The molecule has 0 aromatic heterocycles. The van der Waals surface area contributed by atoms with Gasteiger partial charge in [-0.25, -0.2) is 4.39 Å². The zero-order valence-electron chi connectivity index (χ0n) is 18.5. The Morgan fingerprint density at radius 1 is 0.971 bits per heavy atom. The standard InChI is InChI=1S/C27H24FN3O3/c28-22-8-3-1-6-20(22)16-29-25(32)19-13-11-18(12-14-19)17-31-23-9-4-2-7-21(23)26(33)30-15-5-10-24(30)27(31)34/h1-4,6-9,11-14,24H,5,10,15-17H2,(H,29,32). The number of nitrogens with zero attached hydrogens (tertiary/aromatic N) is 2. The topological polar surface area (TPSA) is 69.7 Å². The summed E-state index contributed by atoms with van der Waals surface area (Å²) in [6.07, 6.45) is 1.48. The number of hydrogen-bond acceptors (Lipinski definition) is 3. The van der Waals surface area contributed by atoms with Gasteiger partial charge in [0.25, 0.3) is 11.8 Å². The number of anilines is 1. The lowest BCUT2D eigenvalue weighted by Crippen LogP contribution is -2.44. The largest absolute Gasteiger partial charge is 0.348 e. The Morgan fingerprint density at radius 3 is 2.50 bits per heavy atom. The minimum atomic E-state index is -0.441. The van der Waals surface area contributed by atoms with Crippen molar-refractivity contribution in [2.24, 2.45) is 0 Å². The molecule has 0 aliphatic carbocycles. The molecular formula is C27H24FN3O3. The van der Waals surface area contributed by atoms with E-state index in [9.17, 15) is 18.8 Å². The molecule has 1 N–H and O–H groups in total. The number of halogens is 1. The summed E-state index contributed by atoms with van der Waals surface area (Å²) in [6, 6.07) is 20.0.